The van der Waals surface area contributed by atoms with Crippen molar-refractivity contribution in [1.82, 2.24) is 5.43 Å². The molecule has 106 valence electrons. The molecule has 2 nitrogen and oxygen atoms in total. The molecule has 0 aliphatic heterocycles. The van der Waals surface area contributed by atoms with Crippen molar-refractivity contribution >= 4 is 54.5 Å². The highest BCUT2D eigenvalue weighted by molar-refractivity contribution is 14.1. The number of hydrogen-bond acceptors (Lipinski definition) is 2. The largest absolute Gasteiger partial charge is 0.271 e. The third-order valence-corrected chi connectivity index (χ3v) is 4.86. The Hall–Kier alpha value is -0.0200. The lowest BCUT2D eigenvalue weighted by atomic mass is 9.99. The molecule has 2 aromatic carbocycles. The minimum absolute atomic E-state index is 0.158. The fourth-order valence-corrected chi connectivity index (χ4v) is 3.32. The first-order valence-electron chi connectivity index (χ1n) is 5.86. The molecule has 3 N–H and O–H groups in total. The predicted molar refractivity (Wildman–Crippen MR) is 94.7 cm³/mol. The molecule has 0 spiro atoms. The first-order chi connectivity index (χ1) is 9.51. The maximum absolute atomic E-state index is 13.9. The van der Waals surface area contributed by atoms with E-state index in [4.69, 9.17) is 5.84 Å². The smallest absolute Gasteiger partial charge is 0.127 e. The molecule has 1 atom stereocenters. The second kappa shape index (κ2) is 7.31. The molecule has 0 bridgehead atoms. The molecule has 2 rings (SSSR count). The Morgan fingerprint density at radius 3 is 2.60 bits per heavy atom. The summed E-state index contributed by atoms with van der Waals surface area (Å²) in [4.78, 5) is 0. The van der Waals surface area contributed by atoms with Crippen LogP contribution >= 0.6 is 54.5 Å². The van der Waals surface area contributed by atoms with E-state index >= 15 is 0 Å². The molecule has 0 amide bonds. The quantitative estimate of drug-likeness (QED) is 0.353. The zero-order valence-electron chi connectivity index (χ0n) is 10.3. The molecule has 0 radical (unpaired) electrons. The third-order valence-electron chi connectivity index (χ3n) is 2.97. The van der Waals surface area contributed by atoms with E-state index in [-0.39, 0.29) is 11.9 Å². The van der Waals surface area contributed by atoms with Crippen LogP contribution in [0, 0.1) is 9.39 Å². The molecule has 0 saturated heterocycles. The van der Waals surface area contributed by atoms with Gasteiger partial charge in [-0.2, -0.15) is 0 Å². The molecule has 0 aromatic heterocycles. The number of hydrogen-bond donors (Lipinski definition) is 2. The summed E-state index contributed by atoms with van der Waals surface area (Å²) in [5, 5.41) is 0. The van der Waals surface area contributed by atoms with Crippen LogP contribution in [0.5, 0.6) is 0 Å². The average molecular weight is 514 g/mol. The van der Waals surface area contributed by atoms with E-state index in [9.17, 15) is 4.39 Å². The summed E-state index contributed by atoms with van der Waals surface area (Å²) >= 11 is 9.02. The Balaban J connectivity index is 2.31. The van der Waals surface area contributed by atoms with Gasteiger partial charge in [-0.25, -0.2) is 4.39 Å². The van der Waals surface area contributed by atoms with Crippen LogP contribution in [0.1, 0.15) is 17.2 Å². The maximum atomic E-state index is 13.9. The topological polar surface area (TPSA) is 38.0 Å². The van der Waals surface area contributed by atoms with Crippen molar-refractivity contribution in [3.8, 4) is 0 Å². The van der Waals surface area contributed by atoms with Gasteiger partial charge in [-0.3, -0.25) is 11.3 Å². The van der Waals surface area contributed by atoms with E-state index in [0.29, 0.717) is 12.0 Å². The van der Waals surface area contributed by atoms with Crippen LogP contribution in [0.3, 0.4) is 0 Å². The van der Waals surface area contributed by atoms with Gasteiger partial charge in [0.25, 0.3) is 0 Å². The number of nitrogens with two attached hydrogens (primary N) is 1. The summed E-state index contributed by atoms with van der Waals surface area (Å²) < 4.78 is 16.7. The zero-order chi connectivity index (χ0) is 14.7. The van der Waals surface area contributed by atoms with Gasteiger partial charge in [0.1, 0.15) is 5.82 Å². The summed E-state index contributed by atoms with van der Waals surface area (Å²) in [6, 6.07) is 10.9. The van der Waals surface area contributed by atoms with Crippen LogP contribution in [0.2, 0.25) is 0 Å². The number of hydrazine groups is 1. The molecule has 0 aliphatic carbocycles. The van der Waals surface area contributed by atoms with Gasteiger partial charge in [0.15, 0.2) is 0 Å². The first-order valence-corrected chi connectivity index (χ1v) is 8.52. The van der Waals surface area contributed by atoms with Crippen LogP contribution in [0.4, 0.5) is 4.39 Å². The highest BCUT2D eigenvalue weighted by atomic mass is 127. The summed E-state index contributed by atoms with van der Waals surface area (Å²) in [6.45, 7) is 0. The molecule has 0 heterocycles. The van der Waals surface area contributed by atoms with Gasteiger partial charge in [-0.05, 0) is 70.5 Å². The monoisotopic (exact) mass is 512 g/mol. The highest BCUT2D eigenvalue weighted by Gasteiger charge is 2.16. The van der Waals surface area contributed by atoms with Crippen LogP contribution in [0.25, 0.3) is 0 Å². The minimum Gasteiger partial charge on any atom is -0.271 e. The standard InChI is InChI=1S/C14H12Br2FIN2/c15-9-2-1-8(13(17)6-9)5-14(20-19)11-7-10(18)3-4-12(11)16/h1-4,6-7,14,20H,5,19H2. The Morgan fingerprint density at radius 2 is 1.95 bits per heavy atom. The summed E-state index contributed by atoms with van der Waals surface area (Å²) in [5.41, 5.74) is 4.41. The first kappa shape index (κ1) is 16.4. The maximum Gasteiger partial charge on any atom is 0.127 e. The molecule has 1 unspecified atom stereocenters. The molecular weight excluding hydrogens is 502 g/mol. The lowest BCUT2D eigenvalue weighted by Crippen LogP contribution is -2.30. The van der Waals surface area contributed by atoms with Crippen molar-refractivity contribution in [2.45, 2.75) is 12.5 Å². The summed E-state index contributed by atoms with van der Waals surface area (Å²) in [5.74, 6) is 5.41. The average Bonchev–Trinajstić information content (AvgIpc) is 2.41. The molecule has 2 aromatic rings. The van der Waals surface area contributed by atoms with Gasteiger partial charge in [0.05, 0.1) is 6.04 Å². The Kier molecular flexibility index (Phi) is 5.97. The normalized spacial score (nSPS) is 12.4. The van der Waals surface area contributed by atoms with Gasteiger partial charge >= 0.3 is 0 Å². The number of benzene rings is 2. The summed E-state index contributed by atoms with van der Waals surface area (Å²) in [6.07, 6.45) is 0.480. The van der Waals surface area contributed by atoms with E-state index in [1.54, 1.807) is 6.07 Å². The Labute approximate surface area is 147 Å². The SMILES string of the molecule is NNC(Cc1ccc(Br)cc1F)c1cc(I)ccc1Br. The molecule has 0 aliphatic rings. The molecule has 6 heteroatoms. The van der Waals surface area contributed by atoms with Crippen molar-refractivity contribution in [2.75, 3.05) is 0 Å². The molecule has 0 saturated carbocycles. The lowest BCUT2D eigenvalue weighted by Gasteiger charge is -2.19. The van der Waals surface area contributed by atoms with Crippen molar-refractivity contribution in [3.05, 3.63) is 65.9 Å². The van der Waals surface area contributed by atoms with E-state index in [2.05, 4.69) is 59.9 Å². The molecular formula is C14H12Br2FIN2. The van der Waals surface area contributed by atoms with Crippen LogP contribution in [0.15, 0.2) is 45.3 Å². The van der Waals surface area contributed by atoms with Gasteiger partial charge in [-0.1, -0.05) is 37.9 Å². The Morgan fingerprint density at radius 1 is 1.20 bits per heavy atom. The van der Waals surface area contributed by atoms with Gasteiger partial charge in [-0.15, -0.1) is 0 Å². The van der Waals surface area contributed by atoms with E-state index < -0.39 is 0 Å². The number of nitrogens with one attached hydrogen (secondary N) is 1. The fraction of sp³-hybridized carbons (Fsp3) is 0.143. The van der Waals surface area contributed by atoms with Crippen molar-refractivity contribution in [3.63, 3.8) is 0 Å². The number of rotatable bonds is 4. The van der Waals surface area contributed by atoms with Gasteiger partial charge < -0.3 is 0 Å². The fourth-order valence-electron chi connectivity index (χ4n) is 1.95. The zero-order valence-corrected chi connectivity index (χ0v) is 15.7. The van der Waals surface area contributed by atoms with E-state index in [1.165, 1.54) is 6.07 Å². The molecule has 20 heavy (non-hydrogen) atoms. The van der Waals surface area contributed by atoms with Crippen molar-refractivity contribution < 1.29 is 4.39 Å². The van der Waals surface area contributed by atoms with E-state index in [0.717, 1.165) is 18.1 Å². The highest BCUT2D eigenvalue weighted by Crippen LogP contribution is 2.28. The Bertz CT molecular complexity index is 622. The van der Waals surface area contributed by atoms with E-state index in [1.807, 2.05) is 24.3 Å². The van der Waals surface area contributed by atoms with Gasteiger partial charge in [0.2, 0.25) is 0 Å². The summed E-state index contributed by atoms with van der Waals surface area (Å²) in [7, 11) is 0. The number of halogens is 4. The second-order valence-electron chi connectivity index (χ2n) is 4.32. The van der Waals surface area contributed by atoms with Gasteiger partial charge in [0, 0.05) is 12.5 Å². The van der Waals surface area contributed by atoms with Crippen LogP contribution in [-0.4, -0.2) is 0 Å². The van der Waals surface area contributed by atoms with Crippen LogP contribution in [-0.2, 0) is 6.42 Å². The molecule has 0 fully saturated rings. The second-order valence-corrected chi connectivity index (χ2v) is 7.34. The van der Waals surface area contributed by atoms with Crippen LogP contribution < -0.4 is 11.3 Å². The minimum atomic E-state index is -0.235. The third kappa shape index (κ3) is 4.00. The van der Waals surface area contributed by atoms with Crippen molar-refractivity contribution in [2.24, 2.45) is 5.84 Å². The predicted octanol–water partition coefficient (Wildman–Crippen LogP) is 4.70. The van der Waals surface area contributed by atoms with Crippen molar-refractivity contribution in [1.29, 1.82) is 0 Å². The lowest BCUT2D eigenvalue weighted by molar-refractivity contribution is 0.527.